The zero-order valence-electron chi connectivity index (χ0n) is 9.54. The lowest BCUT2D eigenvalue weighted by atomic mass is 9.79. The summed E-state index contributed by atoms with van der Waals surface area (Å²) in [4.78, 5) is 0. The summed E-state index contributed by atoms with van der Waals surface area (Å²) in [5, 5.41) is 0. The third-order valence-electron chi connectivity index (χ3n) is 3.82. The van der Waals surface area contributed by atoms with Gasteiger partial charge in [-0.2, -0.15) is 0 Å². The molecule has 1 atom stereocenters. The maximum atomic E-state index is 6.01. The molecule has 0 aromatic heterocycles. The summed E-state index contributed by atoms with van der Waals surface area (Å²) in [5.74, 6) is 0.834. The van der Waals surface area contributed by atoms with E-state index in [9.17, 15) is 0 Å². The number of hydrogen-bond donors (Lipinski definition) is 1. The molecule has 0 aliphatic carbocycles. The summed E-state index contributed by atoms with van der Waals surface area (Å²) in [5.41, 5.74) is 5.73. The lowest BCUT2D eigenvalue weighted by molar-refractivity contribution is -0.147. The van der Waals surface area contributed by atoms with Gasteiger partial charge in [0.05, 0.1) is 5.60 Å². The van der Waals surface area contributed by atoms with Gasteiger partial charge in [0.2, 0.25) is 0 Å². The SMILES string of the molecule is NCCCC1CCOC2(CCOCC2)C1. The van der Waals surface area contributed by atoms with E-state index in [0.29, 0.717) is 0 Å². The van der Waals surface area contributed by atoms with Crippen LogP contribution in [0.4, 0.5) is 0 Å². The molecule has 2 aliphatic rings. The molecule has 2 fully saturated rings. The van der Waals surface area contributed by atoms with Gasteiger partial charge < -0.3 is 15.2 Å². The van der Waals surface area contributed by atoms with Crippen LogP contribution in [-0.4, -0.2) is 32.0 Å². The van der Waals surface area contributed by atoms with Gasteiger partial charge in [-0.3, -0.25) is 0 Å². The second kappa shape index (κ2) is 5.28. The molecule has 2 N–H and O–H groups in total. The highest BCUT2D eigenvalue weighted by molar-refractivity contribution is 4.88. The summed E-state index contributed by atoms with van der Waals surface area (Å²) in [6.45, 7) is 3.52. The van der Waals surface area contributed by atoms with Crippen LogP contribution in [0.5, 0.6) is 0 Å². The maximum Gasteiger partial charge on any atom is 0.0729 e. The van der Waals surface area contributed by atoms with Gasteiger partial charge in [0.25, 0.3) is 0 Å². The second-order valence-electron chi connectivity index (χ2n) is 4.93. The van der Waals surface area contributed by atoms with Crippen molar-refractivity contribution in [3.05, 3.63) is 0 Å². The van der Waals surface area contributed by atoms with Crippen molar-refractivity contribution in [3.63, 3.8) is 0 Å². The minimum Gasteiger partial charge on any atom is -0.381 e. The fourth-order valence-corrected chi connectivity index (χ4v) is 2.87. The second-order valence-corrected chi connectivity index (χ2v) is 4.93. The van der Waals surface area contributed by atoms with Gasteiger partial charge >= 0.3 is 0 Å². The predicted octanol–water partition coefficient (Wildman–Crippen LogP) is 1.70. The monoisotopic (exact) mass is 213 g/mol. The van der Waals surface area contributed by atoms with Gasteiger partial charge in [0.15, 0.2) is 0 Å². The fourth-order valence-electron chi connectivity index (χ4n) is 2.87. The van der Waals surface area contributed by atoms with E-state index in [-0.39, 0.29) is 5.60 Å². The minimum atomic E-state index is 0.162. The highest BCUT2D eigenvalue weighted by Gasteiger charge is 2.38. The molecular formula is C12H23NO2. The highest BCUT2D eigenvalue weighted by atomic mass is 16.5. The summed E-state index contributed by atoms with van der Waals surface area (Å²) in [6.07, 6.45) is 7.08. The number of hydrogen-bond acceptors (Lipinski definition) is 3. The van der Waals surface area contributed by atoms with Crippen LogP contribution in [-0.2, 0) is 9.47 Å². The van der Waals surface area contributed by atoms with Crippen molar-refractivity contribution in [1.82, 2.24) is 0 Å². The smallest absolute Gasteiger partial charge is 0.0729 e. The molecule has 0 amide bonds. The van der Waals surface area contributed by atoms with E-state index in [0.717, 1.165) is 51.5 Å². The van der Waals surface area contributed by atoms with Gasteiger partial charge in [-0.15, -0.1) is 0 Å². The molecule has 15 heavy (non-hydrogen) atoms. The van der Waals surface area contributed by atoms with Crippen LogP contribution in [0.25, 0.3) is 0 Å². The Kier molecular flexibility index (Phi) is 4.00. The Morgan fingerprint density at radius 2 is 2.00 bits per heavy atom. The van der Waals surface area contributed by atoms with Gasteiger partial charge in [-0.05, 0) is 51.0 Å². The lowest BCUT2D eigenvalue weighted by Gasteiger charge is -2.43. The molecule has 1 spiro atoms. The molecule has 0 radical (unpaired) electrons. The average Bonchev–Trinajstić information content (AvgIpc) is 2.28. The van der Waals surface area contributed by atoms with Crippen LogP contribution in [0, 0.1) is 5.92 Å². The van der Waals surface area contributed by atoms with Crippen molar-refractivity contribution in [3.8, 4) is 0 Å². The fraction of sp³-hybridized carbons (Fsp3) is 1.00. The standard InChI is InChI=1S/C12H23NO2/c13-6-1-2-11-3-7-15-12(10-11)4-8-14-9-5-12/h11H,1-10,13H2. The summed E-state index contributed by atoms with van der Waals surface area (Å²) >= 11 is 0. The van der Waals surface area contributed by atoms with Gasteiger partial charge in [0, 0.05) is 19.8 Å². The predicted molar refractivity (Wildman–Crippen MR) is 59.7 cm³/mol. The Morgan fingerprint density at radius 1 is 1.20 bits per heavy atom. The van der Waals surface area contributed by atoms with E-state index < -0.39 is 0 Å². The van der Waals surface area contributed by atoms with Crippen LogP contribution < -0.4 is 5.73 Å². The Balaban J connectivity index is 1.85. The van der Waals surface area contributed by atoms with Crippen molar-refractivity contribution < 1.29 is 9.47 Å². The van der Waals surface area contributed by atoms with E-state index in [1.54, 1.807) is 0 Å². The molecule has 2 aliphatic heterocycles. The van der Waals surface area contributed by atoms with Crippen molar-refractivity contribution in [2.24, 2.45) is 11.7 Å². The molecule has 0 saturated carbocycles. The van der Waals surface area contributed by atoms with Crippen LogP contribution in [0.3, 0.4) is 0 Å². The normalized spacial score (nSPS) is 30.6. The first-order valence-electron chi connectivity index (χ1n) is 6.26. The molecule has 0 aromatic carbocycles. The van der Waals surface area contributed by atoms with Crippen LogP contribution >= 0.6 is 0 Å². The first-order valence-corrected chi connectivity index (χ1v) is 6.26. The van der Waals surface area contributed by atoms with Gasteiger partial charge in [0.1, 0.15) is 0 Å². The van der Waals surface area contributed by atoms with Crippen LogP contribution in [0.1, 0.15) is 38.5 Å². The maximum absolute atomic E-state index is 6.01. The third kappa shape index (κ3) is 2.92. The first kappa shape index (κ1) is 11.4. The summed E-state index contributed by atoms with van der Waals surface area (Å²) in [7, 11) is 0. The molecule has 3 nitrogen and oxygen atoms in total. The van der Waals surface area contributed by atoms with Crippen molar-refractivity contribution >= 4 is 0 Å². The Morgan fingerprint density at radius 3 is 2.73 bits per heavy atom. The van der Waals surface area contributed by atoms with Crippen molar-refractivity contribution in [1.29, 1.82) is 0 Å². The first-order chi connectivity index (χ1) is 7.35. The highest BCUT2D eigenvalue weighted by Crippen LogP contribution is 2.38. The molecule has 2 heterocycles. The molecule has 0 aromatic rings. The van der Waals surface area contributed by atoms with Crippen molar-refractivity contribution in [2.45, 2.75) is 44.1 Å². The quantitative estimate of drug-likeness (QED) is 0.776. The minimum absolute atomic E-state index is 0.162. The van der Waals surface area contributed by atoms with Crippen LogP contribution in [0.2, 0.25) is 0 Å². The molecule has 88 valence electrons. The lowest BCUT2D eigenvalue weighted by Crippen LogP contribution is -2.44. The van der Waals surface area contributed by atoms with Gasteiger partial charge in [-0.25, -0.2) is 0 Å². The molecule has 0 bridgehead atoms. The average molecular weight is 213 g/mol. The van der Waals surface area contributed by atoms with E-state index >= 15 is 0 Å². The largest absolute Gasteiger partial charge is 0.381 e. The molecular weight excluding hydrogens is 190 g/mol. The van der Waals surface area contributed by atoms with Crippen molar-refractivity contribution in [2.75, 3.05) is 26.4 Å². The molecule has 2 saturated heterocycles. The van der Waals surface area contributed by atoms with E-state index in [1.807, 2.05) is 0 Å². The molecule has 3 heteroatoms. The number of ether oxygens (including phenoxy) is 2. The van der Waals surface area contributed by atoms with Gasteiger partial charge in [-0.1, -0.05) is 0 Å². The molecule has 1 unspecified atom stereocenters. The number of nitrogens with two attached hydrogens (primary N) is 1. The van der Waals surface area contributed by atoms with Crippen LogP contribution in [0.15, 0.2) is 0 Å². The Bertz CT molecular complexity index is 185. The Hall–Kier alpha value is -0.120. The number of rotatable bonds is 3. The van der Waals surface area contributed by atoms with E-state index in [2.05, 4.69) is 0 Å². The molecule has 2 rings (SSSR count). The summed E-state index contributed by atoms with van der Waals surface area (Å²) in [6, 6.07) is 0. The summed E-state index contributed by atoms with van der Waals surface area (Å²) < 4.78 is 11.4. The zero-order chi connectivity index (χ0) is 10.6. The Labute approximate surface area is 92.3 Å². The van der Waals surface area contributed by atoms with E-state index in [4.69, 9.17) is 15.2 Å². The zero-order valence-corrected chi connectivity index (χ0v) is 9.54. The third-order valence-corrected chi connectivity index (χ3v) is 3.82. The topological polar surface area (TPSA) is 44.5 Å². The van der Waals surface area contributed by atoms with E-state index in [1.165, 1.54) is 19.3 Å².